The van der Waals surface area contributed by atoms with E-state index in [-0.39, 0.29) is 6.03 Å². The highest BCUT2D eigenvalue weighted by atomic mass is 35.5. The van der Waals surface area contributed by atoms with E-state index in [2.05, 4.69) is 21.6 Å². The summed E-state index contributed by atoms with van der Waals surface area (Å²) in [6.07, 6.45) is 2.16. The number of hydrogen-bond acceptors (Lipinski definition) is 3. The number of likely N-dealkylation sites (tertiary alicyclic amines) is 1. The molecule has 6 heteroatoms. The van der Waals surface area contributed by atoms with Crippen molar-refractivity contribution in [2.75, 3.05) is 32.1 Å². The van der Waals surface area contributed by atoms with Gasteiger partial charge in [0.2, 0.25) is 0 Å². The van der Waals surface area contributed by atoms with Gasteiger partial charge in [-0.3, -0.25) is 4.90 Å². The summed E-state index contributed by atoms with van der Waals surface area (Å²) in [6, 6.07) is 15.2. The first-order valence-electron chi connectivity index (χ1n) is 9.28. The van der Waals surface area contributed by atoms with E-state index in [0.717, 1.165) is 37.5 Å². The van der Waals surface area contributed by atoms with Crippen LogP contribution in [0.4, 0.5) is 10.5 Å². The van der Waals surface area contributed by atoms with Crippen LogP contribution >= 0.6 is 11.6 Å². The molecule has 3 rings (SSSR count). The molecule has 1 heterocycles. The summed E-state index contributed by atoms with van der Waals surface area (Å²) in [5.41, 5.74) is 1.92. The monoisotopic (exact) mass is 387 g/mol. The van der Waals surface area contributed by atoms with E-state index in [1.54, 1.807) is 7.11 Å². The van der Waals surface area contributed by atoms with Crippen molar-refractivity contribution in [3.63, 3.8) is 0 Å². The molecule has 27 heavy (non-hydrogen) atoms. The molecule has 0 spiro atoms. The highest BCUT2D eigenvalue weighted by Gasteiger charge is 2.20. The maximum absolute atomic E-state index is 12.2. The fourth-order valence-corrected chi connectivity index (χ4v) is 3.61. The average molecular weight is 388 g/mol. The van der Waals surface area contributed by atoms with Gasteiger partial charge in [0.1, 0.15) is 5.75 Å². The maximum atomic E-state index is 12.2. The Bertz CT molecular complexity index is 761. The third kappa shape index (κ3) is 5.88. The molecule has 2 amide bonds. The molecule has 2 N–H and O–H groups in total. The van der Waals surface area contributed by atoms with E-state index in [9.17, 15) is 4.79 Å². The van der Waals surface area contributed by atoms with Crippen LogP contribution in [0.5, 0.6) is 5.75 Å². The number of carbonyl (C=O) groups excluding carboxylic acids is 1. The molecular weight excluding hydrogens is 362 g/mol. The number of carbonyl (C=O) groups is 1. The molecule has 0 radical (unpaired) electrons. The number of nitrogens with zero attached hydrogens (tertiary/aromatic N) is 1. The van der Waals surface area contributed by atoms with Gasteiger partial charge in [0, 0.05) is 18.1 Å². The number of ether oxygens (including phenoxy) is 1. The van der Waals surface area contributed by atoms with Gasteiger partial charge in [-0.1, -0.05) is 35.9 Å². The number of para-hydroxylation sites is 2. The predicted molar refractivity (Wildman–Crippen MR) is 109 cm³/mol. The second-order valence-corrected chi connectivity index (χ2v) is 7.32. The average Bonchev–Trinajstić information content (AvgIpc) is 2.68. The minimum atomic E-state index is -0.194. The summed E-state index contributed by atoms with van der Waals surface area (Å²) in [5.74, 6) is 1.16. The lowest BCUT2D eigenvalue weighted by atomic mass is 9.96. The lowest BCUT2D eigenvalue weighted by Gasteiger charge is -2.32. The van der Waals surface area contributed by atoms with Gasteiger partial charge in [-0.2, -0.15) is 0 Å². The molecule has 1 aliphatic heterocycles. The number of methoxy groups -OCH3 is 1. The van der Waals surface area contributed by atoms with Crippen molar-refractivity contribution in [3.05, 3.63) is 59.1 Å². The van der Waals surface area contributed by atoms with Crippen molar-refractivity contribution in [3.8, 4) is 5.75 Å². The molecule has 0 saturated carbocycles. The zero-order valence-corrected chi connectivity index (χ0v) is 16.3. The summed E-state index contributed by atoms with van der Waals surface area (Å²) < 4.78 is 5.25. The number of hydrogen-bond donors (Lipinski definition) is 2. The first-order chi connectivity index (χ1) is 13.1. The number of halogens is 1. The summed E-state index contributed by atoms with van der Waals surface area (Å²) in [6.45, 7) is 3.68. The Kier molecular flexibility index (Phi) is 6.96. The van der Waals surface area contributed by atoms with Crippen molar-refractivity contribution in [2.45, 2.75) is 19.4 Å². The molecule has 0 aromatic heterocycles. The number of benzene rings is 2. The zero-order chi connectivity index (χ0) is 19.1. The summed E-state index contributed by atoms with van der Waals surface area (Å²) in [5, 5.41) is 6.62. The highest BCUT2D eigenvalue weighted by Crippen LogP contribution is 2.23. The molecule has 0 aliphatic carbocycles. The van der Waals surface area contributed by atoms with Crippen LogP contribution in [-0.2, 0) is 6.54 Å². The quantitative estimate of drug-likeness (QED) is 0.773. The van der Waals surface area contributed by atoms with Crippen LogP contribution in [0.1, 0.15) is 18.4 Å². The standard InChI is InChI=1S/C21H26ClN3O2/c1-27-20-8-3-2-7-19(20)24-21(26)23-14-16-9-11-25(12-10-16)15-17-5-4-6-18(22)13-17/h2-8,13,16H,9-12,14-15H2,1H3,(H2,23,24,26). The van der Waals surface area contributed by atoms with Crippen LogP contribution in [0.3, 0.4) is 0 Å². The second kappa shape index (κ2) is 9.62. The van der Waals surface area contributed by atoms with Crippen LogP contribution < -0.4 is 15.4 Å². The fraction of sp³-hybridized carbons (Fsp3) is 0.381. The number of urea groups is 1. The summed E-state index contributed by atoms with van der Waals surface area (Å²) in [4.78, 5) is 14.6. The molecular formula is C21H26ClN3O2. The van der Waals surface area contributed by atoms with E-state index in [4.69, 9.17) is 16.3 Å². The van der Waals surface area contributed by atoms with Crippen molar-refractivity contribution in [2.24, 2.45) is 5.92 Å². The molecule has 0 unspecified atom stereocenters. The van der Waals surface area contributed by atoms with Crippen LogP contribution in [0.25, 0.3) is 0 Å². The smallest absolute Gasteiger partial charge is 0.319 e. The number of rotatable bonds is 6. The Morgan fingerprint density at radius 2 is 1.96 bits per heavy atom. The normalized spacial score (nSPS) is 15.3. The van der Waals surface area contributed by atoms with Crippen molar-refractivity contribution < 1.29 is 9.53 Å². The topological polar surface area (TPSA) is 53.6 Å². The first kappa shape index (κ1) is 19.5. The molecule has 144 valence electrons. The van der Waals surface area contributed by atoms with Gasteiger partial charge < -0.3 is 15.4 Å². The predicted octanol–water partition coefficient (Wildman–Crippen LogP) is 4.38. The SMILES string of the molecule is COc1ccccc1NC(=O)NCC1CCN(Cc2cccc(Cl)c2)CC1. The number of amides is 2. The lowest BCUT2D eigenvalue weighted by molar-refractivity contribution is 0.175. The highest BCUT2D eigenvalue weighted by molar-refractivity contribution is 6.30. The van der Waals surface area contributed by atoms with E-state index in [1.807, 2.05) is 42.5 Å². The van der Waals surface area contributed by atoms with Crippen LogP contribution in [-0.4, -0.2) is 37.7 Å². The largest absolute Gasteiger partial charge is 0.495 e. The Labute approximate surface area is 165 Å². The molecule has 1 fully saturated rings. The minimum absolute atomic E-state index is 0.194. The van der Waals surface area contributed by atoms with Crippen LogP contribution in [0.2, 0.25) is 5.02 Å². The molecule has 1 saturated heterocycles. The van der Waals surface area contributed by atoms with Crippen molar-refractivity contribution >= 4 is 23.3 Å². The molecule has 0 bridgehead atoms. The molecule has 1 aliphatic rings. The minimum Gasteiger partial charge on any atom is -0.495 e. The second-order valence-electron chi connectivity index (χ2n) is 6.88. The van der Waals surface area contributed by atoms with Crippen LogP contribution in [0, 0.1) is 5.92 Å². The Morgan fingerprint density at radius 1 is 1.19 bits per heavy atom. The zero-order valence-electron chi connectivity index (χ0n) is 15.6. The third-order valence-corrected chi connectivity index (χ3v) is 5.14. The Balaban J connectivity index is 1.39. The number of piperidine rings is 1. The number of nitrogens with one attached hydrogen (secondary N) is 2. The van der Waals surface area contributed by atoms with Gasteiger partial charge in [0.05, 0.1) is 12.8 Å². The Hall–Kier alpha value is -2.24. The van der Waals surface area contributed by atoms with Crippen molar-refractivity contribution in [1.29, 1.82) is 0 Å². The molecule has 0 atom stereocenters. The molecule has 5 nitrogen and oxygen atoms in total. The molecule has 2 aromatic rings. The lowest BCUT2D eigenvalue weighted by Crippen LogP contribution is -2.39. The van der Waals surface area contributed by atoms with E-state index < -0.39 is 0 Å². The van der Waals surface area contributed by atoms with Crippen LogP contribution in [0.15, 0.2) is 48.5 Å². The van der Waals surface area contributed by atoms with Gasteiger partial charge in [-0.25, -0.2) is 4.79 Å². The fourth-order valence-electron chi connectivity index (χ4n) is 3.39. The summed E-state index contributed by atoms with van der Waals surface area (Å²) >= 11 is 6.06. The summed E-state index contributed by atoms with van der Waals surface area (Å²) in [7, 11) is 1.59. The van der Waals surface area contributed by atoms with Gasteiger partial charge in [0.15, 0.2) is 0 Å². The van der Waals surface area contributed by atoms with Gasteiger partial charge in [0.25, 0.3) is 0 Å². The van der Waals surface area contributed by atoms with E-state index >= 15 is 0 Å². The van der Waals surface area contributed by atoms with E-state index in [0.29, 0.717) is 23.9 Å². The molecule has 2 aromatic carbocycles. The van der Waals surface area contributed by atoms with Gasteiger partial charge in [-0.15, -0.1) is 0 Å². The van der Waals surface area contributed by atoms with E-state index in [1.165, 1.54) is 5.56 Å². The van der Waals surface area contributed by atoms with Gasteiger partial charge >= 0.3 is 6.03 Å². The number of anilines is 1. The third-order valence-electron chi connectivity index (χ3n) is 4.91. The maximum Gasteiger partial charge on any atom is 0.319 e. The van der Waals surface area contributed by atoms with Crippen molar-refractivity contribution in [1.82, 2.24) is 10.2 Å². The Morgan fingerprint density at radius 3 is 2.70 bits per heavy atom. The first-order valence-corrected chi connectivity index (χ1v) is 9.66. The van der Waals surface area contributed by atoms with Gasteiger partial charge in [-0.05, 0) is 61.7 Å².